The molecule has 160 valence electrons. The molecule has 0 aromatic heterocycles. The van der Waals surface area contributed by atoms with Gasteiger partial charge in [-0.1, -0.05) is 54.6 Å². The van der Waals surface area contributed by atoms with Gasteiger partial charge in [0.05, 0.1) is 11.7 Å². The molecule has 2 aromatic rings. The molecule has 7 heteroatoms. The number of ether oxygens (including phenoxy) is 1. The molecule has 3 rings (SSSR count). The fourth-order valence-corrected chi connectivity index (χ4v) is 3.41. The van der Waals surface area contributed by atoms with Gasteiger partial charge >= 0.3 is 6.61 Å². The van der Waals surface area contributed by atoms with E-state index in [1.54, 1.807) is 18.2 Å². The van der Waals surface area contributed by atoms with Gasteiger partial charge < -0.3 is 10.1 Å². The first-order valence-corrected chi connectivity index (χ1v) is 10.1. The molecule has 1 amide bonds. The summed E-state index contributed by atoms with van der Waals surface area (Å²) in [5.74, 6) is -0.277. The molecule has 0 aliphatic carbocycles. The van der Waals surface area contributed by atoms with Gasteiger partial charge in [-0.3, -0.25) is 14.6 Å². The van der Waals surface area contributed by atoms with Gasteiger partial charge in [0, 0.05) is 32.7 Å². The number of hydrogen-bond acceptors (Lipinski definition) is 4. The summed E-state index contributed by atoms with van der Waals surface area (Å²) in [6.45, 7) is 3.01. The van der Waals surface area contributed by atoms with E-state index in [4.69, 9.17) is 0 Å². The van der Waals surface area contributed by atoms with E-state index in [0.717, 1.165) is 32.7 Å². The summed E-state index contributed by atoms with van der Waals surface area (Å²) in [7, 11) is 0. The second-order valence-corrected chi connectivity index (χ2v) is 7.19. The van der Waals surface area contributed by atoms with Crippen molar-refractivity contribution in [1.29, 1.82) is 0 Å². The van der Waals surface area contributed by atoms with E-state index in [1.165, 1.54) is 11.6 Å². The van der Waals surface area contributed by atoms with Gasteiger partial charge in [-0.25, -0.2) is 0 Å². The average molecular weight is 415 g/mol. The number of benzene rings is 2. The van der Waals surface area contributed by atoms with Gasteiger partial charge in [-0.15, -0.1) is 0 Å². The van der Waals surface area contributed by atoms with Crippen LogP contribution in [0.2, 0.25) is 0 Å². The van der Waals surface area contributed by atoms with E-state index in [0.29, 0.717) is 0 Å². The first kappa shape index (κ1) is 21.9. The van der Waals surface area contributed by atoms with Gasteiger partial charge in [-0.05, 0) is 24.6 Å². The molecule has 5 nitrogen and oxygen atoms in total. The van der Waals surface area contributed by atoms with Gasteiger partial charge in [0.25, 0.3) is 0 Å². The van der Waals surface area contributed by atoms with Crippen molar-refractivity contribution >= 4 is 17.7 Å². The second kappa shape index (κ2) is 10.8. The molecule has 0 unspecified atom stereocenters. The molecule has 0 radical (unpaired) electrons. The lowest BCUT2D eigenvalue weighted by Gasteiger charge is -2.37. The number of halogens is 2. The van der Waals surface area contributed by atoms with Gasteiger partial charge in [-0.2, -0.15) is 8.78 Å². The monoisotopic (exact) mass is 415 g/mol. The lowest BCUT2D eigenvalue weighted by atomic mass is 10.2. The third-order valence-corrected chi connectivity index (χ3v) is 5.17. The number of para-hydroxylation sites is 2. The van der Waals surface area contributed by atoms with E-state index >= 15 is 0 Å². The fraction of sp³-hybridized carbons (Fsp3) is 0.348. The zero-order chi connectivity index (χ0) is 21.3. The Kier molecular flexibility index (Phi) is 7.93. The molecule has 1 aliphatic rings. The predicted octanol–water partition coefficient (Wildman–Crippen LogP) is 3.95. The SMILES string of the molecule is C[C@@H](C(=O)Nc1ccccc1OC(F)F)N1CCN(C/C=C/c2ccccc2)CC1. The highest BCUT2D eigenvalue weighted by atomic mass is 19.3. The Balaban J connectivity index is 1.47. The van der Waals surface area contributed by atoms with Crippen molar-refractivity contribution in [3.63, 3.8) is 0 Å². The number of alkyl halides is 2. The summed E-state index contributed by atoms with van der Waals surface area (Å²) in [4.78, 5) is 17.1. The van der Waals surface area contributed by atoms with Crippen molar-refractivity contribution in [3.05, 3.63) is 66.2 Å². The number of amides is 1. The molecular weight excluding hydrogens is 388 g/mol. The number of nitrogens with zero attached hydrogens (tertiary/aromatic N) is 2. The molecule has 1 N–H and O–H groups in total. The number of nitrogens with one attached hydrogen (secondary N) is 1. The topological polar surface area (TPSA) is 44.8 Å². The maximum atomic E-state index is 12.6. The van der Waals surface area contributed by atoms with Gasteiger partial charge in [0.1, 0.15) is 5.75 Å². The van der Waals surface area contributed by atoms with Crippen molar-refractivity contribution in [1.82, 2.24) is 9.80 Å². The highest BCUT2D eigenvalue weighted by molar-refractivity contribution is 5.95. The summed E-state index contributed by atoms with van der Waals surface area (Å²) >= 11 is 0. The Morgan fingerprint density at radius 1 is 1.07 bits per heavy atom. The smallest absolute Gasteiger partial charge is 0.387 e. The van der Waals surface area contributed by atoms with Crippen molar-refractivity contribution in [2.45, 2.75) is 19.6 Å². The van der Waals surface area contributed by atoms with E-state index in [-0.39, 0.29) is 23.4 Å². The predicted molar refractivity (Wildman–Crippen MR) is 115 cm³/mol. The van der Waals surface area contributed by atoms with Crippen LogP contribution in [0.1, 0.15) is 12.5 Å². The third-order valence-electron chi connectivity index (χ3n) is 5.17. The average Bonchev–Trinajstić information content (AvgIpc) is 2.75. The Bertz CT molecular complexity index is 837. The number of anilines is 1. The number of rotatable bonds is 8. The van der Waals surface area contributed by atoms with Crippen LogP contribution in [0, 0.1) is 0 Å². The summed E-state index contributed by atoms with van der Waals surface area (Å²) in [5, 5.41) is 2.71. The largest absolute Gasteiger partial charge is 0.433 e. The Labute approximate surface area is 175 Å². The first-order valence-electron chi connectivity index (χ1n) is 10.1. The maximum Gasteiger partial charge on any atom is 0.387 e. The maximum absolute atomic E-state index is 12.6. The van der Waals surface area contributed by atoms with E-state index in [1.807, 2.05) is 25.1 Å². The molecular formula is C23H27F2N3O2. The highest BCUT2D eigenvalue weighted by Gasteiger charge is 2.26. The van der Waals surface area contributed by atoms with Crippen LogP contribution in [0.5, 0.6) is 5.75 Å². The molecule has 1 heterocycles. The molecule has 1 aliphatic heterocycles. The number of piperazine rings is 1. The van der Waals surface area contributed by atoms with Crippen LogP contribution in [0.15, 0.2) is 60.7 Å². The molecule has 1 fully saturated rings. The van der Waals surface area contributed by atoms with Crippen molar-refractivity contribution < 1.29 is 18.3 Å². The van der Waals surface area contributed by atoms with E-state index in [9.17, 15) is 13.6 Å². The van der Waals surface area contributed by atoms with Crippen LogP contribution in [0.25, 0.3) is 6.08 Å². The van der Waals surface area contributed by atoms with Crippen LogP contribution in [0.3, 0.4) is 0 Å². The normalized spacial score (nSPS) is 16.7. The molecule has 0 bridgehead atoms. The van der Waals surface area contributed by atoms with Gasteiger partial charge in [0.2, 0.25) is 5.91 Å². The molecule has 0 saturated carbocycles. The number of carbonyl (C=O) groups excluding carboxylic acids is 1. The summed E-state index contributed by atoms with van der Waals surface area (Å²) in [5.41, 5.74) is 1.43. The summed E-state index contributed by atoms with van der Waals surface area (Å²) in [6.07, 6.45) is 4.27. The lowest BCUT2D eigenvalue weighted by molar-refractivity contribution is -0.121. The van der Waals surface area contributed by atoms with E-state index < -0.39 is 6.61 Å². The molecule has 1 atom stereocenters. The molecule has 0 spiro atoms. The lowest BCUT2D eigenvalue weighted by Crippen LogP contribution is -2.52. The minimum Gasteiger partial charge on any atom is -0.433 e. The minimum absolute atomic E-state index is 0.0388. The Hall–Kier alpha value is -2.77. The van der Waals surface area contributed by atoms with Crippen molar-refractivity contribution in [2.75, 3.05) is 38.0 Å². The number of hydrogen-bond donors (Lipinski definition) is 1. The second-order valence-electron chi connectivity index (χ2n) is 7.19. The molecule has 1 saturated heterocycles. The highest BCUT2D eigenvalue weighted by Crippen LogP contribution is 2.26. The molecule has 2 aromatic carbocycles. The van der Waals surface area contributed by atoms with Crippen LogP contribution >= 0.6 is 0 Å². The Morgan fingerprint density at radius 3 is 2.43 bits per heavy atom. The third kappa shape index (κ3) is 6.37. The van der Waals surface area contributed by atoms with Crippen LogP contribution < -0.4 is 10.1 Å². The standard InChI is InChI=1S/C23H27F2N3O2/c1-18(22(29)26-20-11-5-6-12-21(20)30-23(24)25)28-16-14-27(15-17-28)13-7-10-19-8-3-2-4-9-19/h2-12,18,23H,13-17H2,1H3,(H,26,29)/b10-7+/t18-/m0/s1. The van der Waals surface area contributed by atoms with Crippen LogP contribution in [0.4, 0.5) is 14.5 Å². The molecule has 30 heavy (non-hydrogen) atoms. The van der Waals surface area contributed by atoms with Crippen molar-refractivity contribution in [2.24, 2.45) is 0 Å². The first-order chi connectivity index (χ1) is 14.5. The Morgan fingerprint density at radius 2 is 1.73 bits per heavy atom. The zero-order valence-electron chi connectivity index (χ0n) is 17.0. The summed E-state index contributed by atoms with van der Waals surface area (Å²) in [6, 6.07) is 16.0. The van der Waals surface area contributed by atoms with Gasteiger partial charge in [0.15, 0.2) is 0 Å². The van der Waals surface area contributed by atoms with E-state index in [2.05, 4.69) is 44.1 Å². The quantitative estimate of drug-likeness (QED) is 0.709. The summed E-state index contributed by atoms with van der Waals surface area (Å²) < 4.78 is 29.6. The van der Waals surface area contributed by atoms with Crippen LogP contribution in [-0.2, 0) is 4.79 Å². The fourth-order valence-electron chi connectivity index (χ4n) is 3.41. The minimum atomic E-state index is -2.94. The van der Waals surface area contributed by atoms with Crippen molar-refractivity contribution in [3.8, 4) is 5.75 Å². The number of carbonyl (C=O) groups is 1. The zero-order valence-corrected chi connectivity index (χ0v) is 17.0. The van der Waals surface area contributed by atoms with Crippen LogP contribution in [-0.4, -0.2) is 61.1 Å².